The summed E-state index contributed by atoms with van der Waals surface area (Å²) >= 11 is 1.55. The van der Waals surface area contributed by atoms with Gasteiger partial charge in [0.1, 0.15) is 5.01 Å². The van der Waals surface area contributed by atoms with Gasteiger partial charge in [-0.3, -0.25) is 0 Å². The van der Waals surface area contributed by atoms with Gasteiger partial charge in [-0.2, -0.15) is 9.61 Å². The minimum atomic E-state index is 0.00495. The highest BCUT2D eigenvalue weighted by atomic mass is 32.1. The van der Waals surface area contributed by atoms with Crippen LogP contribution in [0.1, 0.15) is 29.6 Å². The Morgan fingerprint density at radius 1 is 1.45 bits per heavy atom. The van der Waals surface area contributed by atoms with Gasteiger partial charge in [0.25, 0.3) is 0 Å². The number of methoxy groups -OCH3 is 1. The van der Waals surface area contributed by atoms with Crippen LogP contribution in [0.2, 0.25) is 0 Å². The Morgan fingerprint density at radius 3 is 2.95 bits per heavy atom. The van der Waals surface area contributed by atoms with Crippen LogP contribution in [0.5, 0.6) is 0 Å². The summed E-state index contributed by atoms with van der Waals surface area (Å²) in [5.74, 6) is 1.34. The maximum atomic E-state index is 5.65. The molecule has 0 spiro atoms. The first-order valence-electron chi connectivity index (χ1n) is 6.83. The molecule has 8 heteroatoms. The van der Waals surface area contributed by atoms with Gasteiger partial charge < -0.3 is 15.2 Å². The third-order valence-electron chi connectivity index (χ3n) is 3.64. The van der Waals surface area contributed by atoms with E-state index in [1.807, 2.05) is 4.52 Å². The van der Waals surface area contributed by atoms with Crippen molar-refractivity contribution < 1.29 is 9.47 Å². The molecule has 1 saturated heterocycles. The van der Waals surface area contributed by atoms with Crippen molar-refractivity contribution >= 4 is 16.3 Å². The predicted molar refractivity (Wildman–Crippen MR) is 75.0 cm³/mol. The van der Waals surface area contributed by atoms with Crippen molar-refractivity contribution in [2.75, 3.05) is 26.9 Å². The van der Waals surface area contributed by atoms with E-state index in [9.17, 15) is 0 Å². The summed E-state index contributed by atoms with van der Waals surface area (Å²) in [7, 11) is 1.67. The molecule has 2 aromatic rings. The first kappa shape index (κ1) is 13.9. The molecule has 7 nitrogen and oxygen atoms in total. The van der Waals surface area contributed by atoms with E-state index in [0.717, 1.165) is 41.8 Å². The lowest BCUT2D eigenvalue weighted by atomic mass is 10.00. The highest BCUT2D eigenvalue weighted by Crippen LogP contribution is 2.27. The van der Waals surface area contributed by atoms with Crippen molar-refractivity contribution in [3.05, 3.63) is 10.8 Å². The van der Waals surface area contributed by atoms with E-state index >= 15 is 0 Å². The van der Waals surface area contributed by atoms with Crippen molar-refractivity contribution in [3.8, 4) is 0 Å². The molecule has 3 rings (SSSR count). The van der Waals surface area contributed by atoms with E-state index in [2.05, 4.69) is 15.3 Å². The molecule has 1 atom stereocenters. The molecule has 0 bridgehead atoms. The molecule has 0 radical (unpaired) electrons. The zero-order valence-electron chi connectivity index (χ0n) is 11.5. The predicted octanol–water partition coefficient (Wildman–Crippen LogP) is 0.596. The maximum absolute atomic E-state index is 5.65. The van der Waals surface area contributed by atoms with Crippen molar-refractivity contribution in [2.45, 2.75) is 31.3 Å². The van der Waals surface area contributed by atoms with E-state index in [4.69, 9.17) is 15.2 Å². The zero-order valence-corrected chi connectivity index (χ0v) is 12.3. The van der Waals surface area contributed by atoms with Crippen molar-refractivity contribution in [2.24, 2.45) is 5.73 Å². The minimum Gasteiger partial charge on any atom is -0.381 e. The molecule has 2 N–H and O–H groups in total. The van der Waals surface area contributed by atoms with Crippen LogP contribution < -0.4 is 5.73 Å². The van der Waals surface area contributed by atoms with Gasteiger partial charge in [-0.1, -0.05) is 11.3 Å². The molecular formula is C12H19N5O2S. The fourth-order valence-corrected chi connectivity index (χ4v) is 3.33. The van der Waals surface area contributed by atoms with E-state index in [1.165, 1.54) is 0 Å². The van der Waals surface area contributed by atoms with E-state index in [1.54, 1.807) is 18.4 Å². The monoisotopic (exact) mass is 297 g/mol. The molecule has 1 unspecified atom stereocenters. The third kappa shape index (κ3) is 2.69. The number of nitrogens with two attached hydrogens (primary N) is 1. The summed E-state index contributed by atoms with van der Waals surface area (Å²) in [5, 5.41) is 14.1. The summed E-state index contributed by atoms with van der Waals surface area (Å²) in [6, 6.07) is 0. The number of nitrogens with zero attached hydrogens (tertiary/aromatic N) is 4. The number of ether oxygens (including phenoxy) is 2. The Hall–Kier alpha value is -1.09. The van der Waals surface area contributed by atoms with Gasteiger partial charge >= 0.3 is 0 Å². The number of fused-ring (bicyclic) bond motifs is 1. The van der Waals surface area contributed by atoms with Gasteiger partial charge in [0.15, 0.2) is 5.82 Å². The second kappa shape index (κ2) is 6.13. The normalized spacial score (nSPS) is 18.7. The SMILES string of the molecule is COC(CN)Cc1nn2c(C3CCOCC3)nnc2s1. The number of aromatic nitrogens is 4. The molecule has 1 aliphatic rings. The first-order chi connectivity index (χ1) is 9.81. The average Bonchev–Trinajstić information content (AvgIpc) is 3.05. The van der Waals surface area contributed by atoms with E-state index in [0.29, 0.717) is 18.9 Å². The smallest absolute Gasteiger partial charge is 0.234 e. The lowest BCUT2D eigenvalue weighted by molar-refractivity contribution is 0.0831. The first-order valence-corrected chi connectivity index (χ1v) is 7.65. The highest BCUT2D eigenvalue weighted by molar-refractivity contribution is 7.16. The molecule has 1 aliphatic heterocycles. The fraction of sp³-hybridized carbons (Fsp3) is 0.750. The van der Waals surface area contributed by atoms with Crippen LogP contribution in [0.3, 0.4) is 0 Å². The zero-order chi connectivity index (χ0) is 13.9. The number of rotatable bonds is 5. The molecule has 0 amide bonds. The Morgan fingerprint density at radius 2 is 2.25 bits per heavy atom. The van der Waals surface area contributed by atoms with E-state index < -0.39 is 0 Å². The maximum Gasteiger partial charge on any atom is 0.234 e. The fourth-order valence-electron chi connectivity index (χ4n) is 2.42. The molecule has 110 valence electrons. The Kier molecular flexibility index (Phi) is 4.25. The van der Waals surface area contributed by atoms with Gasteiger partial charge in [0.2, 0.25) is 4.96 Å². The standard InChI is InChI=1S/C12H19N5O2S/c1-18-9(7-13)6-10-16-17-11(14-15-12(17)20-10)8-2-4-19-5-3-8/h8-9H,2-7,13H2,1H3. The van der Waals surface area contributed by atoms with Crippen molar-refractivity contribution in [3.63, 3.8) is 0 Å². The summed E-state index contributed by atoms with van der Waals surface area (Å²) < 4.78 is 12.6. The van der Waals surface area contributed by atoms with Crippen LogP contribution in [0, 0.1) is 0 Å². The topological polar surface area (TPSA) is 87.6 Å². The second-order valence-electron chi connectivity index (χ2n) is 4.93. The van der Waals surface area contributed by atoms with Gasteiger partial charge in [0, 0.05) is 39.2 Å². The molecule has 2 aromatic heterocycles. The van der Waals surface area contributed by atoms with Crippen LogP contribution in [-0.4, -0.2) is 52.8 Å². The quantitative estimate of drug-likeness (QED) is 0.869. The van der Waals surface area contributed by atoms with Gasteiger partial charge in [0.05, 0.1) is 6.10 Å². The van der Waals surface area contributed by atoms with Crippen LogP contribution in [0.25, 0.3) is 4.96 Å². The Balaban J connectivity index is 1.82. The van der Waals surface area contributed by atoms with Crippen LogP contribution in [0.4, 0.5) is 0 Å². The molecule has 3 heterocycles. The van der Waals surface area contributed by atoms with Crippen molar-refractivity contribution in [1.82, 2.24) is 19.8 Å². The Bertz CT molecular complexity index is 559. The van der Waals surface area contributed by atoms with Crippen LogP contribution >= 0.6 is 11.3 Å². The lowest BCUT2D eigenvalue weighted by Gasteiger charge is -2.19. The van der Waals surface area contributed by atoms with Crippen molar-refractivity contribution in [1.29, 1.82) is 0 Å². The largest absolute Gasteiger partial charge is 0.381 e. The summed E-state index contributed by atoms with van der Waals surface area (Å²) in [6.07, 6.45) is 2.69. The van der Waals surface area contributed by atoms with Gasteiger partial charge in [-0.25, -0.2) is 0 Å². The van der Waals surface area contributed by atoms with E-state index in [-0.39, 0.29) is 6.10 Å². The lowest BCUT2D eigenvalue weighted by Crippen LogP contribution is -2.24. The number of hydrogen-bond acceptors (Lipinski definition) is 7. The summed E-state index contributed by atoms with van der Waals surface area (Å²) in [4.78, 5) is 0.841. The molecule has 0 aromatic carbocycles. The highest BCUT2D eigenvalue weighted by Gasteiger charge is 2.23. The minimum absolute atomic E-state index is 0.00495. The Labute approximate surface area is 121 Å². The molecule has 0 saturated carbocycles. The molecule has 0 aliphatic carbocycles. The molecular weight excluding hydrogens is 278 g/mol. The van der Waals surface area contributed by atoms with Crippen LogP contribution in [0.15, 0.2) is 0 Å². The third-order valence-corrected chi connectivity index (χ3v) is 4.56. The van der Waals surface area contributed by atoms with Gasteiger partial charge in [-0.15, -0.1) is 10.2 Å². The number of hydrogen-bond donors (Lipinski definition) is 1. The summed E-state index contributed by atoms with van der Waals surface area (Å²) in [6.45, 7) is 2.06. The second-order valence-corrected chi connectivity index (χ2v) is 5.97. The average molecular weight is 297 g/mol. The molecule has 1 fully saturated rings. The molecule has 20 heavy (non-hydrogen) atoms. The van der Waals surface area contributed by atoms with Gasteiger partial charge in [-0.05, 0) is 12.8 Å². The van der Waals surface area contributed by atoms with Crippen LogP contribution in [-0.2, 0) is 15.9 Å². The summed E-state index contributed by atoms with van der Waals surface area (Å²) in [5.41, 5.74) is 5.65.